The zero-order chi connectivity index (χ0) is 14.2. The Morgan fingerprint density at radius 2 is 1.74 bits per heavy atom. The van der Waals surface area contributed by atoms with Gasteiger partial charge in [0.05, 0.1) is 5.69 Å². The molecule has 1 aliphatic rings. The Labute approximate surface area is 117 Å². The molecular formula is C14H16N2O2S. The average molecular weight is 276 g/mol. The molecule has 1 heterocycles. The molecule has 0 bridgehead atoms. The fourth-order valence-electron chi connectivity index (χ4n) is 2.32. The zero-order valence-corrected chi connectivity index (χ0v) is 11.8. The molecule has 0 aromatic heterocycles. The smallest absolute Gasteiger partial charge is 0.234 e. The number of rotatable bonds is 2. The standard InChI is InChI=1S/C14H16N2O2S/c1-14(2)7-11(17)16(12(18)8-14)10-6-4-3-5-9(10)13(15)19/h3-6H,7-8H2,1-2H3,(H2,15,19). The number of para-hydroxylation sites is 1. The highest BCUT2D eigenvalue weighted by molar-refractivity contribution is 7.80. The lowest BCUT2D eigenvalue weighted by atomic mass is 9.81. The largest absolute Gasteiger partial charge is 0.389 e. The summed E-state index contributed by atoms with van der Waals surface area (Å²) in [4.78, 5) is 25.8. The van der Waals surface area contributed by atoms with Crippen LogP contribution in [0.1, 0.15) is 32.3 Å². The van der Waals surface area contributed by atoms with Crippen LogP contribution >= 0.6 is 12.2 Å². The van der Waals surface area contributed by atoms with Crippen molar-refractivity contribution in [1.29, 1.82) is 0 Å². The van der Waals surface area contributed by atoms with Crippen LogP contribution in [0.25, 0.3) is 0 Å². The van der Waals surface area contributed by atoms with Crippen molar-refractivity contribution in [2.24, 2.45) is 11.1 Å². The normalized spacial score (nSPS) is 18.5. The van der Waals surface area contributed by atoms with E-state index in [1.54, 1.807) is 24.3 Å². The van der Waals surface area contributed by atoms with E-state index in [-0.39, 0.29) is 22.2 Å². The zero-order valence-electron chi connectivity index (χ0n) is 11.0. The van der Waals surface area contributed by atoms with Crippen molar-refractivity contribution in [1.82, 2.24) is 0 Å². The average Bonchev–Trinajstić information content (AvgIpc) is 2.26. The monoisotopic (exact) mass is 276 g/mol. The maximum absolute atomic E-state index is 12.2. The summed E-state index contributed by atoms with van der Waals surface area (Å²) in [5, 5.41) is 0. The number of benzene rings is 1. The van der Waals surface area contributed by atoms with Crippen LogP contribution in [0.3, 0.4) is 0 Å². The molecule has 2 amide bonds. The lowest BCUT2D eigenvalue weighted by molar-refractivity contribution is -0.132. The number of thiocarbonyl (C=S) groups is 1. The summed E-state index contributed by atoms with van der Waals surface area (Å²) in [6.07, 6.45) is 0.675. The van der Waals surface area contributed by atoms with Crippen LogP contribution in [-0.2, 0) is 9.59 Å². The van der Waals surface area contributed by atoms with E-state index in [1.165, 1.54) is 4.90 Å². The second-order valence-electron chi connectivity index (χ2n) is 5.52. The molecule has 0 atom stereocenters. The first kappa shape index (κ1) is 13.7. The first-order valence-electron chi connectivity index (χ1n) is 6.06. The van der Waals surface area contributed by atoms with Gasteiger partial charge in [-0.3, -0.25) is 9.59 Å². The molecule has 1 aromatic carbocycles. The molecule has 1 saturated heterocycles. The van der Waals surface area contributed by atoms with E-state index >= 15 is 0 Å². The first-order valence-corrected chi connectivity index (χ1v) is 6.47. The van der Waals surface area contributed by atoms with E-state index < -0.39 is 0 Å². The summed E-state index contributed by atoms with van der Waals surface area (Å²) in [6.45, 7) is 3.83. The number of hydrogen-bond donors (Lipinski definition) is 1. The van der Waals surface area contributed by atoms with E-state index in [1.807, 2.05) is 13.8 Å². The molecule has 4 nitrogen and oxygen atoms in total. The summed E-state index contributed by atoms with van der Waals surface area (Å²) in [5.41, 5.74) is 6.40. The number of piperidine rings is 1. The van der Waals surface area contributed by atoms with Gasteiger partial charge in [-0.1, -0.05) is 38.2 Å². The van der Waals surface area contributed by atoms with E-state index in [9.17, 15) is 9.59 Å². The molecule has 0 aliphatic carbocycles. The van der Waals surface area contributed by atoms with Gasteiger partial charge in [-0.2, -0.15) is 0 Å². The molecular weight excluding hydrogens is 260 g/mol. The summed E-state index contributed by atoms with van der Waals surface area (Å²) in [5.74, 6) is -0.407. The Kier molecular flexibility index (Phi) is 3.41. The Balaban J connectivity index is 2.45. The van der Waals surface area contributed by atoms with Gasteiger partial charge in [0.25, 0.3) is 0 Å². The highest BCUT2D eigenvalue weighted by atomic mass is 32.1. The molecule has 19 heavy (non-hydrogen) atoms. The van der Waals surface area contributed by atoms with Gasteiger partial charge in [0.15, 0.2) is 0 Å². The minimum absolute atomic E-state index is 0.182. The van der Waals surface area contributed by atoms with Crippen molar-refractivity contribution in [3.05, 3.63) is 29.8 Å². The lowest BCUT2D eigenvalue weighted by Gasteiger charge is -2.35. The molecule has 0 saturated carbocycles. The van der Waals surface area contributed by atoms with Crippen LogP contribution in [0.2, 0.25) is 0 Å². The molecule has 0 unspecified atom stereocenters. The summed E-state index contributed by atoms with van der Waals surface area (Å²) in [7, 11) is 0. The third kappa shape index (κ3) is 2.66. The van der Waals surface area contributed by atoms with Gasteiger partial charge < -0.3 is 5.73 Å². The van der Waals surface area contributed by atoms with E-state index in [0.29, 0.717) is 24.1 Å². The molecule has 2 N–H and O–H groups in total. The van der Waals surface area contributed by atoms with Gasteiger partial charge in [-0.15, -0.1) is 0 Å². The van der Waals surface area contributed by atoms with Crippen molar-refractivity contribution >= 4 is 34.7 Å². The highest BCUT2D eigenvalue weighted by Gasteiger charge is 2.38. The molecule has 0 radical (unpaired) electrons. The molecule has 1 aliphatic heterocycles. The van der Waals surface area contributed by atoms with Crippen LogP contribution in [0.5, 0.6) is 0 Å². The number of imide groups is 1. The number of nitrogens with zero attached hydrogens (tertiary/aromatic N) is 1. The number of nitrogens with two attached hydrogens (primary N) is 1. The second-order valence-corrected chi connectivity index (χ2v) is 5.96. The minimum atomic E-state index is -0.289. The number of carbonyl (C=O) groups is 2. The fraction of sp³-hybridized carbons (Fsp3) is 0.357. The van der Waals surface area contributed by atoms with Gasteiger partial charge in [0.2, 0.25) is 11.8 Å². The third-order valence-corrected chi connectivity index (χ3v) is 3.39. The summed E-state index contributed by atoms with van der Waals surface area (Å²) >= 11 is 4.97. The number of hydrogen-bond acceptors (Lipinski definition) is 3. The SMILES string of the molecule is CC1(C)CC(=O)N(c2ccccc2C(N)=S)C(=O)C1. The summed E-state index contributed by atoms with van der Waals surface area (Å²) in [6, 6.07) is 6.96. The van der Waals surface area contributed by atoms with Gasteiger partial charge in [0, 0.05) is 18.4 Å². The maximum atomic E-state index is 12.2. The van der Waals surface area contributed by atoms with Gasteiger partial charge in [-0.25, -0.2) is 4.90 Å². The van der Waals surface area contributed by atoms with Crippen LogP contribution in [0.4, 0.5) is 5.69 Å². The third-order valence-electron chi connectivity index (χ3n) is 3.17. The molecule has 100 valence electrons. The van der Waals surface area contributed by atoms with Crippen molar-refractivity contribution in [2.45, 2.75) is 26.7 Å². The Morgan fingerprint density at radius 1 is 1.21 bits per heavy atom. The van der Waals surface area contributed by atoms with Crippen molar-refractivity contribution in [3.63, 3.8) is 0 Å². The predicted octanol–water partition coefficient (Wildman–Crippen LogP) is 2.00. The van der Waals surface area contributed by atoms with Crippen LogP contribution in [0.15, 0.2) is 24.3 Å². The highest BCUT2D eigenvalue weighted by Crippen LogP contribution is 2.35. The molecule has 2 rings (SSSR count). The van der Waals surface area contributed by atoms with Crippen molar-refractivity contribution in [3.8, 4) is 0 Å². The fourth-order valence-corrected chi connectivity index (χ4v) is 2.50. The molecule has 1 aromatic rings. The second kappa shape index (κ2) is 4.74. The first-order chi connectivity index (χ1) is 8.82. The molecule has 5 heteroatoms. The van der Waals surface area contributed by atoms with Crippen LogP contribution in [0, 0.1) is 5.41 Å². The van der Waals surface area contributed by atoms with Gasteiger partial charge in [-0.05, 0) is 17.5 Å². The van der Waals surface area contributed by atoms with E-state index in [0.717, 1.165) is 0 Å². The number of amides is 2. The van der Waals surface area contributed by atoms with Crippen LogP contribution in [-0.4, -0.2) is 16.8 Å². The number of anilines is 1. The van der Waals surface area contributed by atoms with Crippen molar-refractivity contribution < 1.29 is 9.59 Å². The predicted molar refractivity (Wildman–Crippen MR) is 77.8 cm³/mol. The van der Waals surface area contributed by atoms with E-state index in [4.69, 9.17) is 18.0 Å². The topological polar surface area (TPSA) is 63.4 Å². The lowest BCUT2D eigenvalue weighted by Crippen LogP contribution is -2.47. The van der Waals surface area contributed by atoms with Crippen LogP contribution < -0.4 is 10.6 Å². The Hall–Kier alpha value is -1.75. The van der Waals surface area contributed by atoms with Gasteiger partial charge in [0.1, 0.15) is 4.99 Å². The Morgan fingerprint density at radius 3 is 2.26 bits per heavy atom. The summed E-state index contributed by atoms with van der Waals surface area (Å²) < 4.78 is 0. The molecule has 0 spiro atoms. The maximum Gasteiger partial charge on any atom is 0.234 e. The van der Waals surface area contributed by atoms with Gasteiger partial charge >= 0.3 is 0 Å². The number of carbonyl (C=O) groups excluding carboxylic acids is 2. The molecule has 1 fully saturated rings. The van der Waals surface area contributed by atoms with E-state index in [2.05, 4.69) is 0 Å². The Bertz CT molecular complexity index is 546. The minimum Gasteiger partial charge on any atom is -0.389 e. The quantitative estimate of drug-likeness (QED) is 0.663. The van der Waals surface area contributed by atoms with Crippen molar-refractivity contribution in [2.75, 3.05) is 4.90 Å².